The molecule has 0 aliphatic heterocycles. The molecule has 0 rings (SSSR count). The molecule has 0 bridgehead atoms. The monoisotopic (exact) mass is 229 g/mol. The Morgan fingerprint density at radius 2 is 1.81 bits per heavy atom. The van der Waals surface area contributed by atoms with Crippen molar-refractivity contribution < 1.29 is 9.90 Å². The van der Waals surface area contributed by atoms with Crippen LogP contribution in [0.2, 0.25) is 0 Å². The molecular weight excluding hydrogens is 202 g/mol. The van der Waals surface area contributed by atoms with Crippen LogP contribution in [0.4, 0.5) is 0 Å². The number of aliphatic carboxylic acids is 1. The molecule has 1 atom stereocenters. The van der Waals surface area contributed by atoms with E-state index in [0.29, 0.717) is 6.04 Å². The number of rotatable bonds is 9. The van der Waals surface area contributed by atoms with Crippen molar-refractivity contribution in [3.8, 4) is 0 Å². The second kappa shape index (κ2) is 8.57. The fourth-order valence-corrected chi connectivity index (χ4v) is 2.02. The number of carboxylic acid groups (broad SMARTS) is 1. The van der Waals surface area contributed by atoms with Crippen LogP contribution in [0, 0.1) is 0 Å². The van der Waals surface area contributed by atoms with Crippen molar-refractivity contribution in [1.82, 2.24) is 4.90 Å². The predicted molar refractivity (Wildman–Crippen MR) is 67.7 cm³/mol. The Morgan fingerprint density at radius 1 is 1.19 bits per heavy atom. The van der Waals surface area contributed by atoms with Crippen molar-refractivity contribution in [2.75, 3.05) is 6.54 Å². The molecule has 0 amide bonds. The lowest BCUT2D eigenvalue weighted by Crippen LogP contribution is -2.45. The Labute approximate surface area is 99.8 Å². The van der Waals surface area contributed by atoms with Gasteiger partial charge in [-0.15, -0.1) is 0 Å². The molecule has 1 N–H and O–H groups in total. The minimum atomic E-state index is -0.674. The Bertz CT molecular complexity index is 192. The molecule has 0 heterocycles. The van der Waals surface area contributed by atoms with Crippen LogP contribution < -0.4 is 0 Å². The van der Waals surface area contributed by atoms with Gasteiger partial charge in [0.05, 0.1) is 0 Å². The van der Waals surface area contributed by atoms with Gasteiger partial charge >= 0.3 is 5.97 Å². The van der Waals surface area contributed by atoms with E-state index in [-0.39, 0.29) is 6.04 Å². The molecule has 16 heavy (non-hydrogen) atoms. The molecule has 1 unspecified atom stereocenters. The first-order valence-electron chi connectivity index (χ1n) is 6.53. The zero-order chi connectivity index (χ0) is 12.6. The number of nitrogens with zero attached hydrogens (tertiary/aromatic N) is 1. The molecular formula is C13H27NO2. The van der Waals surface area contributed by atoms with E-state index >= 15 is 0 Å². The maximum atomic E-state index is 11.2. The van der Waals surface area contributed by atoms with Crippen molar-refractivity contribution in [3.05, 3.63) is 0 Å². The Morgan fingerprint density at radius 3 is 2.19 bits per heavy atom. The number of carbonyl (C=O) groups is 1. The third-order valence-electron chi connectivity index (χ3n) is 2.93. The third-order valence-corrected chi connectivity index (χ3v) is 2.93. The second-order valence-electron chi connectivity index (χ2n) is 4.68. The van der Waals surface area contributed by atoms with Crippen LogP contribution in [0.1, 0.15) is 59.8 Å². The first-order valence-corrected chi connectivity index (χ1v) is 6.53. The summed E-state index contributed by atoms with van der Waals surface area (Å²) in [5, 5.41) is 9.24. The number of hydrogen-bond donors (Lipinski definition) is 1. The van der Waals surface area contributed by atoms with Crippen molar-refractivity contribution >= 4 is 5.97 Å². The minimum Gasteiger partial charge on any atom is -0.480 e. The number of unbranched alkanes of at least 4 members (excludes halogenated alkanes) is 2. The van der Waals surface area contributed by atoms with Gasteiger partial charge in [-0.3, -0.25) is 9.69 Å². The molecule has 0 saturated carbocycles. The Hall–Kier alpha value is -0.570. The van der Waals surface area contributed by atoms with Crippen molar-refractivity contribution in [3.63, 3.8) is 0 Å². The topological polar surface area (TPSA) is 40.5 Å². The molecule has 3 nitrogen and oxygen atoms in total. The molecule has 0 radical (unpaired) electrons. The largest absolute Gasteiger partial charge is 0.480 e. The molecule has 3 heteroatoms. The highest BCUT2D eigenvalue weighted by Crippen LogP contribution is 2.13. The van der Waals surface area contributed by atoms with Gasteiger partial charge in [0.25, 0.3) is 0 Å². The highest BCUT2D eigenvalue weighted by Gasteiger charge is 2.25. The lowest BCUT2D eigenvalue weighted by atomic mass is 10.1. The van der Waals surface area contributed by atoms with E-state index < -0.39 is 5.97 Å². The molecule has 0 aromatic heterocycles. The van der Waals surface area contributed by atoms with Crippen LogP contribution in [-0.4, -0.2) is 34.6 Å². The van der Waals surface area contributed by atoms with E-state index in [9.17, 15) is 9.90 Å². The summed E-state index contributed by atoms with van der Waals surface area (Å²) < 4.78 is 0. The van der Waals surface area contributed by atoms with Crippen LogP contribution in [0.25, 0.3) is 0 Å². The van der Waals surface area contributed by atoms with E-state index in [1.807, 2.05) is 6.92 Å². The molecule has 0 fully saturated rings. The van der Waals surface area contributed by atoms with Gasteiger partial charge in [-0.1, -0.05) is 33.1 Å². The quantitative estimate of drug-likeness (QED) is 0.617. The fraction of sp³-hybridized carbons (Fsp3) is 0.923. The fourth-order valence-electron chi connectivity index (χ4n) is 2.02. The van der Waals surface area contributed by atoms with Crippen LogP contribution in [-0.2, 0) is 4.79 Å². The van der Waals surface area contributed by atoms with E-state index in [1.165, 1.54) is 12.8 Å². The zero-order valence-electron chi connectivity index (χ0n) is 11.2. The van der Waals surface area contributed by atoms with E-state index in [1.54, 1.807) is 0 Å². The van der Waals surface area contributed by atoms with E-state index in [2.05, 4.69) is 25.7 Å². The van der Waals surface area contributed by atoms with Crippen LogP contribution in [0.5, 0.6) is 0 Å². The van der Waals surface area contributed by atoms with E-state index in [4.69, 9.17) is 0 Å². The molecule has 0 spiro atoms. The highest BCUT2D eigenvalue weighted by atomic mass is 16.4. The van der Waals surface area contributed by atoms with Gasteiger partial charge in [0.1, 0.15) is 6.04 Å². The van der Waals surface area contributed by atoms with Gasteiger partial charge in [0, 0.05) is 6.04 Å². The van der Waals surface area contributed by atoms with Crippen LogP contribution >= 0.6 is 0 Å². The van der Waals surface area contributed by atoms with Gasteiger partial charge in [-0.2, -0.15) is 0 Å². The highest BCUT2D eigenvalue weighted by molar-refractivity contribution is 5.73. The standard InChI is InChI=1S/C13H27NO2/c1-5-7-8-10-14(11(3)4)12(9-6-2)13(15)16/h11-12H,5-10H2,1-4H3,(H,15,16). The van der Waals surface area contributed by atoms with Crippen molar-refractivity contribution in [2.24, 2.45) is 0 Å². The number of carboxylic acids is 1. The smallest absolute Gasteiger partial charge is 0.320 e. The second-order valence-corrected chi connectivity index (χ2v) is 4.68. The Kier molecular flexibility index (Phi) is 8.26. The lowest BCUT2D eigenvalue weighted by molar-refractivity contribution is -0.144. The van der Waals surface area contributed by atoms with Gasteiger partial charge in [-0.05, 0) is 33.2 Å². The van der Waals surface area contributed by atoms with Crippen LogP contribution in [0.15, 0.2) is 0 Å². The summed E-state index contributed by atoms with van der Waals surface area (Å²) in [5.74, 6) is -0.674. The molecule has 0 saturated heterocycles. The third kappa shape index (κ3) is 5.50. The average molecular weight is 229 g/mol. The summed E-state index contributed by atoms with van der Waals surface area (Å²) in [4.78, 5) is 13.4. The summed E-state index contributed by atoms with van der Waals surface area (Å²) in [5.41, 5.74) is 0. The first kappa shape index (κ1) is 15.4. The maximum Gasteiger partial charge on any atom is 0.320 e. The predicted octanol–water partition coefficient (Wildman–Crippen LogP) is 3.14. The van der Waals surface area contributed by atoms with E-state index in [0.717, 1.165) is 25.8 Å². The lowest BCUT2D eigenvalue weighted by Gasteiger charge is -2.32. The SMILES string of the molecule is CCCCCN(C(C)C)C(CCC)C(=O)O. The van der Waals surface area contributed by atoms with Gasteiger partial charge in [0.2, 0.25) is 0 Å². The summed E-state index contributed by atoms with van der Waals surface area (Å²) in [6.45, 7) is 9.28. The van der Waals surface area contributed by atoms with Crippen molar-refractivity contribution in [2.45, 2.75) is 71.9 Å². The maximum absolute atomic E-state index is 11.2. The van der Waals surface area contributed by atoms with Crippen LogP contribution in [0.3, 0.4) is 0 Å². The Balaban J connectivity index is 4.39. The molecule has 0 aromatic rings. The van der Waals surface area contributed by atoms with Gasteiger partial charge in [0.15, 0.2) is 0 Å². The van der Waals surface area contributed by atoms with Crippen molar-refractivity contribution in [1.29, 1.82) is 0 Å². The van der Waals surface area contributed by atoms with Gasteiger partial charge < -0.3 is 5.11 Å². The first-order chi connectivity index (χ1) is 7.54. The number of hydrogen-bond acceptors (Lipinski definition) is 2. The summed E-state index contributed by atoms with van der Waals surface area (Å²) >= 11 is 0. The molecule has 0 aliphatic carbocycles. The summed E-state index contributed by atoms with van der Waals surface area (Å²) in [7, 11) is 0. The summed E-state index contributed by atoms with van der Waals surface area (Å²) in [6.07, 6.45) is 5.13. The minimum absolute atomic E-state index is 0.304. The average Bonchev–Trinajstić information content (AvgIpc) is 2.21. The molecule has 96 valence electrons. The zero-order valence-corrected chi connectivity index (χ0v) is 11.2. The molecule has 0 aromatic carbocycles. The molecule has 0 aliphatic rings. The normalized spacial score (nSPS) is 13.4. The summed E-state index contributed by atoms with van der Waals surface area (Å²) in [6, 6.07) is 0.00589. The van der Waals surface area contributed by atoms with Gasteiger partial charge in [-0.25, -0.2) is 0 Å².